The summed E-state index contributed by atoms with van der Waals surface area (Å²) in [6.45, 7) is 2.09. The minimum absolute atomic E-state index is 0.565. The molecule has 1 aromatic heterocycles. The van der Waals surface area contributed by atoms with Crippen LogP contribution in [0.25, 0.3) is 28.1 Å². The van der Waals surface area contributed by atoms with Gasteiger partial charge in [-0.05, 0) is 30.2 Å². The summed E-state index contributed by atoms with van der Waals surface area (Å²) >= 11 is 10.1. The van der Waals surface area contributed by atoms with Gasteiger partial charge in [-0.2, -0.15) is 4.57 Å². The number of nitrogens with zero attached hydrogens (tertiary/aromatic N) is 1. The van der Waals surface area contributed by atoms with E-state index < -0.39 is 0 Å². The molecule has 0 unspecified atom stereocenters. The maximum atomic E-state index is 5.54. The van der Waals surface area contributed by atoms with Crippen LogP contribution in [-0.2, 0) is 0 Å². The second-order valence-corrected chi connectivity index (χ2v) is 7.88. The molecule has 3 aromatic carbocycles. The third-order valence-corrected chi connectivity index (χ3v) is 5.19. The summed E-state index contributed by atoms with van der Waals surface area (Å²) in [7, 11) is 0. The molecule has 0 saturated carbocycles. The molecule has 4 aromatic rings. The van der Waals surface area contributed by atoms with E-state index in [1.54, 1.807) is 0 Å². The first-order valence-corrected chi connectivity index (χ1v) is 10.0. The minimum Gasteiger partial charge on any atom is -0.151 e. The Balaban J connectivity index is 2.05. The smallest absolute Gasteiger partial charge is 0.151 e. The standard InChI is InChI=1S/C25H19NS2/c1-18-12-14-22(15-13-18)26-23(20-10-6-3-7-11-20)16-21(17-24(26)25(27)28)19-8-4-2-5-9-19/h2-17H,1H3/p+1. The van der Waals surface area contributed by atoms with Crippen molar-refractivity contribution in [1.82, 2.24) is 0 Å². The highest BCUT2D eigenvalue weighted by molar-refractivity contribution is 8.11. The van der Waals surface area contributed by atoms with E-state index in [4.69, 9.17) is 12.2 Å². The lowest BCUT2D eigenvalue weighted by Crippen LogP contribution is -2.39. The molecule has 0 aliphatic heterocycles. The maximum Gasteiger partial charge on any atom is 0.236 e. The highest BCUT2D eigenvalue weighted by Crippen LogP contribution is 2.27. The molecule has 28 heavy (non-hydrogen) atoms. The number of rotatable bonds is 4. The Kier molecular flexibility index (Phi) is 5.38. The summed E-state index contributed by atoms with van der Waals surface area (Å²) in [4.78, 5) is 0. The van der Waals surface area contributed by atoms with Gasteiger partial charge in [0.05, 0.1) is 0 Å². The SMILES string of the molecule is Cc1ccc(-[n+]2c(C(=S)S)cc(-c3ccccc3)cc2-c2ccccc2)cc1. The van der Waals surface area contributed by atoms with Gasteiger partial charge < -0.3 is 0 Å². The first-order chi connectivity index (χ1) is 13.6. The normalized spacial score (nSPS) is 10.6. The predicted molar refractivity (Wildman–Crippen MR) is 124 cm³/mol. The van der Waals surface area contributed by atoms with Crippen LogP contribution in [0.2, 0.25) is 0 Å². The van der Waals surface area contributed by atoms with Gasteiger partial charge in [-0.25, -0.2) is 0 Å². The molecule has 0 saturated heterocycles. The zero-order valence-corrected chi connectivity index (χ0v) is 17.3. The zero-order chi connectivity index (χ0) is 19.5. The number of pyridine rings is 1. The molecule has 0 fully saturated rings. The van der Waals surface area contributed by atoms with Crippen molar-refractivity contribution >= 4 is 29.0 Å². The Hall–Kier alpha value is -2.75. The van der Waals surface area contributed by atoms with E-state index in [9.17, 15) is 0 Å². The van der Waals surface area contributed by atoms with Crippen molar-refractivity contribution in [3.63, 3.8) is 0 Å². The van der Waals surface area contributed by atoms with Crippen molar-refractivity contribution in [2.75, 3.05) is 0 Å². The van der Waals surface area contributed by atoms with Crippen molar-refractivity contribution in [2.24, 2.45) is 0 Å². The van der Waals surface area contributed by atoms with Gasteiger partial charge in [0.25, 0.3) is 0 Å². The Morgan fingerprint density at radius 3 is 1.86 bits per heavy atom. The van der Waals surface area contributed by atoms with Gasteiger partial charge in [-0.15, -0.1) is 12.6 Å². The third-order valence-electron chi connectivity index (χ3n) is 4.75. The monoisotopic (exact) mass is 398 g/mol. The fourth-order valence-corrected chi connectivity index (χ4v) is 3.66. The summed E-state index contributed by atoms with van der Waals surface area (Å²) < 4.78 is 2.76. The number of hydrogen-bond donors (Lipinski definition) is 1. The van der Waals surface area contributed by atoms with E-state index in [1.807, 2.05) is 12.1 Å². The molecule has 3 heteroatoms. The molecular formula is C25H20NS2+. The van der Waals surface area contributed by atoms with Crippen molar-refractivity contribution in [1.29, 1.82) is 0 Å². The third kappa shape index (κ3) is 3.77. The molecule has 0 spiro atoms. The zero-order valence-electron chi connectivity index (χ0n) is 15.5. The molecule has 0 amide bonds. The molecule has 0 atom stereocenters. The minimum atomic E-state index is 0.565. The van der Waals surface area contributed by atoms with Crippen molar-refractivity contribution in [3.05, 3.63) is 108 Å². The summed E-state index contributed by atoms with van der Waals surface area (Å²) in [5, 5.41) is 0. The number of benzene rings is 3. The molecule has 0 bridgehead atoms. The summed E-state index contributed by atoms with van der Waals surface area (Å²) in [5.41, 5.74) is 7.68. The van der Waals surface area contributed by atoms with Crippen LogP contribution in [0.4, 0.5) is 0 Å². The van der Waals surface area contributed by atoms with Gasteiger partial charge >= 0.3 is 0 Å². The summed E-state index contributed by atoms with van der Waals surface area (Å²) in [6.07, 6.45) is 0. The van der Waals surface area contributed by atoms with Crippen LogP contribution in [-0.4, -0.2) is 4.20 Å². The fraction of sp³-hybridized carbons (Fsp3) is 0.0400. The Bertz CT molecular complexity index is 1120. The van der Waals surface area contributed by atoms with E-state index in [0.717, 1.165) is 33.8 Å². The highest BCUT2D eigenvalue weighted by Gasteiger charge is 2.25. The van der Waals surface area contributed by atoms with E-state index in [1.165, 1.54) is 5.56 Å². The largest absolute Gasteiger partial charge is 0.236 e. The van der Waals surface area contributed by atoms with Crippen LogP contribution in [0, 0.1) is 6.92 Å². The van der Waals surface area contributed by atoms with Gasteiger partial charge in [0.1, 0.15) is 4.20 Å². The maximum absolute atomic E-state index is 5.54. The number of thiocarbonyl (C=S) groups is 1. The molecule has 136 valence electrons. The summed E-state index contributed by atoms with van der Waals surface area (Å²) in [6, 6.07) is 33.6. The van der Waals surface area contributed by atoms with Gasteiger partial charge in [-0.3, -0.25) is 0 Å². The van der Waals surface area contributed by atoms with Gasteiger partial charge in [0.15, 0.2) is 0 Å². The fourth-order valence-electron chi connectivity index (χ4n) is 3.34. The van der Waals surface area contributed by atoms with Crippen LogP contribution in [0.5, 0.6) is 0 Å². The number of thiol groups is 1. The Morgan fingerprint density at radius 2 is 1.29 bits per heavy atom. The number of aryl methyl sites for hydroxylation is 1. The molecule has 0 radical (unpaired) electrons. The van der Waals surface area contributed by atoms with Gasteiger partial charge in [0.2, 0.25) is 17.1 Å². The highest BCUT2D eigenvalue weighted by atomic mass is 32.1. The molecule has 0 aliphatic carbocycles. The molecule has 0 aliphatic rings. The van der Waals surface area contributed by atoms with E-state index in [-0.39, 0.29) is 0 Å². The van der Waals surface area contributed by atoms with Crippen LogP contribution >= 0.6 is 24.8 Å². The van der Waals surface area contributed by atoms with Crippen LogP contribution in [0.15, 0.2) is 97.1 Å². The average Bonchev–Trinajstić information content (AvgIpc) is 2.75. The van der Waals surface area contributed by atoms with Gasteiger partial charge in [-0.1, -0.05) is 78.4 Å². The lowest BCUT2D eigenvalue weighted by Gasteiger charge is -2.11. The summed E-state index contributed by atoms with van der Waals surface area (Å²) in [5.74, 6) is 0. The Labute approximate surface area is 176 Å². The van der Waals surface area contributed by atoms with E-state index in [0.29, 0.717) is 4.20 Å². The number of hydrogen-bond acceptors (Lipinski definition) is 1. The lowest BCUT2D eigenvalue weighted by molar-refractivity contribution is -0.584. The Morgan fingerprint density at radius 1 is 0.714 bits per heavy atom. The molecule has 1 nitrogen and oxygen atoms in total. The first kappa shape index (κ1) is 18.6. The van der Waals surface area contributed by atoms with E-state index in [2.05, 4.69) is 109 Å². The quantitative estimate of drug-likeness (QED) is 0.243. The van der Waals surface area contributed by atoms with Crippen LogP contribution in [0.1, 0.15) is 11.3 Å². The van der Waals surface area contributed by atoms with Crippen LogP contribution in [0.3, 0.4) is 0 Å². The van der Waals surface area contributed by atoms with E-state index >= 15 is 0 Å². The lowest BCUT2D eigenvalue weighted by atomic mass is 10.0. The first-order valence-electron chi connectivity index (χ1n) is 9.15. The average molecular weight is 399 g/mol. The van der Waals surface area contributed by atoms with Crippen molar-refractivity contribution in [2.45, 2.75) is 6.92 Å². The predicted octanol–water partition coefficient (Wildman–Crippen LogP) is 6.21. The van der Waals surface area contributed by atoms with Crippen molar-refractivity contribution < 1.29 is 4.57 Å². The molecule has 0 N–H and O–H groups in total. The molecular weight excluding hydrogens is 378 g/mol. The second-order valence-electron chi connectivity index (χ2n) is 6.72. The second kappa shape index (κ2) is 8.09. The topological polar surface area (TPSA) is 3.88 Å². The molecule has 4 rings (SSSR count). The van der Waals surface area contributed by atoms with Crippen molar-refractivity contribution in [3.8, 4) is 28.1 Å². The van der Waals surface area contributed by atoms with Gasteiger partial charge in [0, 0.05) is 29.8 Å². The molecule has 1 heterocycles. The van der Waals surface area contributed by atoms with Crippen LogP contribution < -0.4 is 4.57 Å². The number of aromatic nitrogens is 1.